The Morgan fingerprint density at radius 2 is 1.68 bits per heavy atom. The van der Waals surface area contributed by atoms with Crippen LogP contribution in [-0.4, -0.2) is 23.9 Å². The number of carbonyl (C=O) groups excluding carboxylic acids is 2. The number of hydrogen-bond donors (Lipinski definition) is 3. The second-order valence-corrected chi connectivity index (χ2v) is 7.50. The minimum Gasteiger partial charge on any atom is -0.326 e. The first-order chi connectivity index (χ1) is 12.0. The Morgan fingerprint density at radius 1 is 1.08 bits per heavy atom. The predicted molar refractivity (Wildman–Crippen MR) is 101 cm³/mol. The number of carbonyl (C=O) groups is 2. The molecule has 2 unspecified atom stereocenters. The summed E-state index contributed by atoms with van der Waals surface area (Å²) in [5.41, 5.74) is 2.47. The van der Waals surface area contributed by atoms with Crippen molar-refractivity contribution in [2.24, 2.45) is 5.92 Å². The monoisotopic (exact) mass is 343 g/mol. The van der Waals surface area contributed by atoms with E-state index in [2.05, 4.69) is 16.0 Å². The van der Waals surface area contributed by atoms with Crippen LogP contribution >= 0.6 is 0 Å². The van der Waals surface area contributed by atoms with Gasteiger partial charge in [-0.25, -0.2) is 0 Å². The van der Waals surface area contributed by atoms with Crippen molar-refractivity contribution in [1.29, 1.82) is 0 Å². The van der Waals surface area contributed by atoms with E-state index in [-0.39, 0.29) is 11.8 Å². The smallest absolute Gasteiger partial charge is 0.224 e. The molecule has 2 aliphatic heterocycles. The lowest BCUT2D eigenvalue weighted by atomic mass is 9.89. The molecule has 2 aliphatic rings. The van der Waals surface area contributed by atoms with Crippen molar-refractivity contribution in [3.05, 3.63) is 23.8 Å². The van der Waals surface area contributed by atoms with Crippen LogP contribution < -0.4 is 16.0 Å². The van der Waals surface area contributed by atoms with E-state index >= 15 is 0 Å². The van der Waals surface area contributed by atoms with Gasteiger partial charge in [-0.3, -0.25) is 9.59 Å². The second-order valence-electron chi connectivity index (χ2n) is 7.50. The molecule has 0 radical (unpaired) electrons. The Balaban J connectivity index is 1.58. The number of piperidine rings is 1. The van der Waals surface area contributed by atoms with Crippen molar-refractivity contribution in [2.75, 3.05) is 10.6 Å². The summed E-state index contributed by atoms with van der Waals surface area (Å²) in [7, 11) is 0. The van der Waals surface area contributed by atoms with Crippen molar-refractivity contribution in [3.8, 4) is 0 Å². The first-order valence-electron chi connectivity index (χ1n) is 9.50. The highest BCUT2D eigenvalue weighted by molar-refractivity contribution is 5.95. The number of rotatable bonds is 6. The van der Waals surface area contributed by atoms with Gasteiger partial charge in [0.2, 0.25) is 11.8 Å². The van der Waals surface area contributed by atoms with Crippen LogP contribution in [0.1, 0.15) is 57.4 Å². The lowest BCUT2D eigenvalue weighted by molar-refractivity contribution is -0.117. The first kappa shape index (κ1) is 17.9. The molecule has 2 saturated heterocycles. The summed E-state index contributed by atoms with van der Waals surface area (Å²) in [5.74, 6) is 0.567. The Bertz CT molecular complexity index is 632. The van der Waals surface area contributed by atoms with Gasteiger partial charge in [0.1, 0.15) is 0 Å². The maximum absolute atomic E-state index is 12.5. The standard InChI is InChI=1S/C20H29N3O2/c1-3-5-19(24)22-17-6-4-7-18(13(17)2)23-20(25)12-14-10-15-8-9-16(11-14)21-15/h4,6-7,14-16,21H,3,5,8-12H2,1-2H3,(H,22,24)(H,23,25). The lowest BCUT2D eigenvalue weighted by Gasteiger charge is -2.28. The molecule has 2 heterocycles. The molecule has 1 aromatic rings. The summed E-state index contributed by atoms with van der Waals surface area (Å²) in [6.07, 6.45) is 6.63. The van der Waals surface area contributed by atoms with Gasteiger partial charge >= 0.3 is 0 Å². The minimum absolute atomic E-state index is 0.0132. The fourth-order valence-electron chi connectivity index (χ4n) is 4.15. The number of amides is 2. The lowest BCUT2D eigenvalue weighted by Crippen LogP contribution is -2.39. The van der Waals surface area contributed by atoms with E-state index in [1.54, 1.807) is 0 Å². The number of nitrogens with one attached hydrogen (secondary N) is 3. The molecule has 0 saturated carbocycles. The van der Waals surface area contributed by atoms with Crippen molar-refractivity contribution in [1.82, 2.24) is 5.32 Å². The van der Waals surface area contributed by atoms with E-state index in [1.807, 2.05) is 32.0 Å². The zero-order valence-electron chi connectivity index (χ0n) is 15.2. The fourth-order valence-corrected chi connectivity index (χ4v) is 4.15. The van der Waals surface area contributed by atoms with Crippen molar-refractivity contribution in [3.63, 3.8) is 0 Å². The van der Waals surface area contributed by atoms with Gasteiger partial charge in [0.15, 0.2) is 0 Å². The van der Waals surface area contributed by atoms with Crippen LogP contribution in [0.5, 0.6) is 0 Å². The Kier molecular flexibility index (Phi) is 5.74. The summed E-state index contributed by atoms with van der Waals surface area (Å²) >= 11 is 0. The maximum atomic E-state index is 12.5. The molecule has 1 aromatic carbocycles. The molecule has 3 N–H and O–H groups in total. The Morgan fingerprint density at radius 3 is 2.28 bits per heavy atom. The van der Waals surface area contributed by atoms with Crippen molar-refractivity contribution >= 4 is 23.2 Å². The van der Waals surface area contributed by atoms with Crippen LogP contribution in [0.15, 0.2) is 18.2 Å². The predicted octanol–water partition coefficient (Wildman–Crippen LogP) is 3.59. The number of benzene rings is 1. The van der Waals surface area contributed by atoms with Crippen molar-refractivity contribution < 1.29 is 9.59 Å². The molecule has 3 rings (SSSR count). The Hall–Kier alpha value is -1.88. The second kappa shape index (κ2) is 8.00. The fraction of sp³-hybridized carbons (Fsp3) is 0.600. The number of anilines is 2. The molecule has 25 heavy (non-hydrogen) atoms. The van der Waals surface area contributed by atoms with E-state index in [1.165, 1.54) is 12.8 Å². The van der Waals surface area contributed by atoms with Gasteiger partial charge in [0.05, 0.1) is 0 Å². The molecule has 2 bridgehead atoms. The minimum atomic E-state index is 0.0132. The third-order valence-electron chi connectivity index (χ3n) is 5.40. The summed E-state index contributed by atoms with van der Waals surface area (Å²) in [6, 6.07) is 6.86. The summed E-state index contributed by atoms with van der Waals surface area (Å²) in [6.45, 7) is 3.91. The largest absolute Gasteiger partial charge is 0.326 e. The average Bonchev–Trinajstić information content (AvgIpc) is 2.90. The zero-order valence-corrected chi connectivity index (χ0v) is 15.2. The maximum Gasteiger partial charge on any atom is 0.224 e. The van der Waals surface area contributed by atoms with Gasteiger partial charge in [-0.1, -0.05) is 13.0 Å². The van der Waals surface area contributed by atoms with E-state index in [9.17, 15) is 9.59 Å². The molecule has 2 atom stereocenters. The van der Waals surface area contributed by atoms with E-state index in [4.69, 9.17) is 0 Å². The molecule has 2 fully saturated rings. The van der Waals surface area contributed by atoms with E-state index in [0.29, 0.717) is 30.8 Å². The number of fused-ring (bicyclic) bond motifs is 2. The van der Waals surface area contributed by atoms with Gasteiger partial charge < -0.3 is 16.0 Å². The molecule has 0 aliphatic carbocycles. The van der Waals surface area contributed by atoms with Crippen LogP contribution in [0.25, 0.3) is 0 Å². The van der Waals surface area contributed by atoms with E-state index in [0.717, 1.165) is 36.2 Å². The van der Waals surface area contributed by atoms with Gasteiger partial charge in [-0.05, 0) is 62.6 Å². The topological polar surface area (TPSA) is 70.2 Å². The molecule has 0 aromatic heterocycles. The quantitative estimate of drug-likeness (QED) is 0.739. The summed E-state index contributed by atoms with van der Waals surface area (Å²) in [4.78, 5) is 24.3. The molecule has 5 nitrogen and oxygen atoms in total. The molecule has 136 valence electrons. The highest BCUT2D eigenvalue weighted by Crippen LogP contribution is 2.33. The normalized spacial score (nSPS) is 24.8. The molecular formula is C20H29N3O2. The molecule has 2 amide bonds. The highest BCUT2D eigenvalue weighted by atomic mass is 16.2. The summed E-state index contributed by atoms with van der Waals surface area (Å²) < 4.78 is 0. The molecular weight excluding hydrogens is 314 g/mol. The van der Waals surface area contributed by atoms with Crippen LogP contribution in [0.3, 0.4) is 0 Å². The summed E-state index contributed by atoms with van der Waals surface area (Å²) in [5, 5.41) is 9.59. The van der Waals surface area contributed by atoms with Crippen LogP contribution in [-0.2, 0) is 9.59 Å². The SMILES string of the molecule is CCCC(=O)Nc1cccc(NC(=O)CC2CC3CCC(C2)N3)c1C. The van der Waals surface area contributed by atoms with Gasteiger partial charge in [0.25, 0.3) is 0 Å². The van der Waals surface area contributed by atoms with Crippen LogP contribution in [0, 0.1) is 12.8 Å². The van der Waals surface area contributed by atoms with Crippen molar-refractivity contribution in [2.45, 2.75) is 70.9 Å². The van der Waals surface area contributed by atoms with Crippen LogP contribution in [0.2, 0.25) is 0 Å². The van der Waals surface area contributed by atoms with Gasteiger partial charge in [0, 0.05) is 36.3 Å². The third-order valence-corrected chi connectivity index (χ3v) is 5.40. The zero-order chi connectivity index (χ0) is 17.8. The molecule has 5 heteroatoms. The molecule has 0 spiro atoms. The van der Waals surface area contributed by atoms with Crippen LogP contribution in [0.4, 0.5) is 11.4 Å². The van der Waals surface area contributed by atoms with E-state index < -0.39 is 0 Å². The number of hydrogen-bond acceptors (Lipinski definition) is 3. The Labute approximate surface area is 150 Å². The van der Waals surface area contributed by atoms with Gasteiger partial charge in [-0.2, -0.15) is 0 Å². The first-order valence-corrected chi connectivity index (χ1v) is 9.50. The highest BCUT2D eigenvalue weighted by Gasteiger charge is 2.34. The average molecular weight is 343 g/mol. The van der Waals surface area contributed by atoms with Gasteiger partial charge in [-0.15, -0.1) is 0 Å². The third kappa shape index (κ3) is 4.60.